The third-order valence-electron chi connectivity index (χ3n) is 3.69. The highest BCUT2D eigenvalue weighted by Gasteiger charge is 2.20. The molecule has 0 aromatic heterocycles. The van der Waals surface area contributed by atoms with Gasteiger partial charge in [0, 0.05) is 19.3 Å². The number of hydrogen-bond acceptors (Lipinski definition) is 5. The van der Waals surface area contributed by atoms with Crippen LogP contribution < -0.4 is 5.32 Å². The van der Waals surface area contributed by atoms with Gasteiger partial charge in [-0.25, -0.2) is 4.79 Å². The predicted molar refractivity (Wildman–Crippen MR) is 93.4 cm³/mol. The van der Waals surface area contributed by atoms with E-state index in [9.17, 15) is 14.7 Å². The van der Waals surface area contributed by atoms with Crippen molar-refractivity contribution in [3.8, 4) is 0 Å². The van der Waals surface area contributed by atoms with Gasteiger partial charge in [0.15, 0.2) is 0 Å². The first kappa shape index (κ1) is 19.2. The topological polar surface area (TPSA) is 88.1 Å². The summed E-state index contributed by atoms with van der Waals surface area (Å²) in [5.41, 5.74) is 1.84. The van der Waals surface area contributed by atoms with Gasteiger partial charge >= 0.3 is 6.09 Å². The number of ether oxygens (including phenoxy) is 2. The largest absolute Gasteiger partial charge is 0.444 e. The van der Waals surface area contributed by atoms with Crippen molar-refractivity contribution >= 4 is 17.7 Å². The number of amides is 2. The summed E-state index contributed by atoms with van der Waals surface area (Å²) in [6.45, 7) is 6.20. The van der Waals surface area contributed by atoms with E-state index in [4.69, 9.17) is 9.47 Å². The van der Waals surface area contributed by atoms with E-state index in [1.165, 1.54) is 4.90 Å². The van der Waals surface area contributed by atoms with Crippen LogP contribution in [0.5, 0.6) is 0 Å². The number of nitrogens with one attached hydrogen (secondary N) is 1. The number of benzene rings is 1. The van der Waals surface area contributed by atoms with Crippen molar-refractivity contribution in [1.82, 2.24) is 4.90 Å². The van der Waals surface area contributed by atoms with E-state index in [1.807, 2.05) is 26.8 Å². The van der Waals surface area contributed by atoms with Gasteiger partial charge < -0.3 is 24.8 Å². The molecule has 0 fully saturated rings. The average molecular weight is 350 g/mol. The van der Waals surface area contributed by atoms with Gasteiger partial charge in [-0.05, 0) is 38.0 Å². The van der Waals surface area contributed by atoms with Gasteiger partial charge in [-0.15, -0.1) is 0 Å². The van der Waals surface area contributed by atoms with Crippen molar-refractivity contribution in [1.29, 1.82) is 0 Å². The number of carbonyl (C=O) groups excluding carboxylic acids is 2. The van der Waals surface area contributed by atoms with Crippen molar-refractivity contribution in [2.75, 3.05) is 32.1 Å². The third kappa shape index (κ3) is 5.72. The lowest BCUT2D eigenvalue weighted by Crippen LogP contribution is -2.36. The quantitative estimate of drug-likeness (QED) is 0.767. The molecule has 0 saturated heterocycles. The van der Waals surface area contributed by atoms with Gasteiger partial charge in [0.2, 0.25) is 5.91 Å². The molecule has 2 amide bonds. The fourth-order valence-corrected chi connectivity index (χ4v) is 2.38. The molecule has 1 aromatic rings. The molecule has 2 rings (SSSR count). The van der Waals surface area contributed by atoms with Gasteiger partial charge in [-0.3, -0.25) is 4.79 Å². The molecule has 7 nitrogen and oxygen atoms in total. The van der Waals surface area contributed by atoms with Crippen molar-refractivity contribution in [3.05, 3.63) is 29.3 Å². The molecule has 0 bridgehead atoms. The van der Waals surface area contributed by atoms with Crippen LogP contribution in [0.1, 0.15) is 38.0 Å². The fraction of sp³-hybridized carbons (Fsp3) is 0.556. The van der Waals surface area contributed by atoms with Crippen LogP contribution in [-0.4, -0.2) is 54.4 Å². The lowest BCUT2D eigenvalue weighted by molar-refractivity contribution is -0.115. The molecule has 1 atom stereocenters. The second kappa shape index (κ2) is 7.84. The highest BCUT2D eigenvalue weighted by molar-refractivity contribution is 5.99. The van der Waals surface area contributed by atoms with Crippen LogP contribution >= 0.6 is 0 Å². The standard InChI is InChI=1S/C18H26N2O5/c1-18(2,3)25-17(23)20(4)7-8-24-11-15(21)12-5-6-14-13(9-12)10-16(22)19-14/h5-6,9,15,21H,7-8,10-11H2,1-4H3,(H,19,22). The van der Waals surface area contributed by atoms with Gasteiger partial charge in [0.05, 0.1) is 19.6 Å². The Balaban J connectivity index is 1.74. The number of likely N-dealkylation sites (N-methyl/N-ethyl adjacent to an activating group) is 1. The maximum absolute atomic E-state index is 11.8. The molecule has 0 saturated carbocycles. The molecule has 1 unspecified atom stereocenters. The summed E-state index contributed by atoms with van der Waals surface area (Å²) in [4.78, 5) is 24.6. The number of aliphatic hydroxyl groups is 1. The summed E-state index contributed by atoms with van der Waals surface area (Å²) < 4.78 is 10.7. The maximum atomic E-state index is 11.8. The number of rotatable bonds is 6. The molecular formula is C18H26N2O5. The minimum absolute atomic E-state index is 0.0388. The molecule has 0 spiro atoms. The first-order valence-electron chi connectivity index (χ1n) is 8.28. The Labute approximate surface area is 147 Å². The van der Waals surface area contributed by atoms with Gasteiger partial charge in [-0.1, -0.05) is 12.1 Å². The van der Waals surface area contributed by atoms with E-state index in [1.54, 1.807) is 19.2 Å². The summed E-state index contributed by atoms with van der Waals surface area (Å²) in [5.74, 6) is -0.0388. The van der Waals surface area contributed by atoms with Crippen molar-refractivity contribution in [2.45, 2.75) is 38.9 Å². The number of anilines is 1. The zero-order chi connectivity index (χ0) is 18.6. The Bertz CT molecular complexity index is 639. The lowest BCUT2D eigenvalue weighted by Gasteiger charge is -2.24. The van der Waals surface area contributed by atoms with Crippen LogP contribution in [0, 0.1) is 0 Å². The Kier molecular flexibility index (Phi) is 6.02. The predicted octanol–water partition coefficient (Wildman–Crippen LogP) is 2.10. The number of hydrogen-bond donors (Lipinski definition) is 2. The van der Waals surface area contributed by atoms with Crippen molar-refractivity contribution in [2.24, 2.45) is 0 Å². The highest BCUT2D eigenvalue weighted by atomic mass is 16.6. The zero-order valence-corrected chi connectivity index (χ0v) is 15.2. The maximum Gasteiger partial charge on any atom is 0.410 e. The van der Waals surface area contributed by atoms with E-state index in [0.29, 0.717) is 18.5 Å². The monoisotopic (exact) mass is 350 g/mol. The molecule has 138 valence electrons. The molecule has 7 heteroatoms. The first-order valence-corrected chi connectivity index (χ1v) is 8.28. The third-order valence-corrected chi connectivity index (χ3v) is 3.69. The molecule has 25 heavy (non-hydrogen) atoms. The SMILES string of the molecule is CN(CCOCC(O)c1ccc2c(c1)CC(=O)N2)C(=O)OC(C)(C)C. The van der Waals surface area contributed by atoms with E-state index >= 15 is 0 Å². The normalized spacial score (nSPS) is 14.7. The smallest absolute Gasteiger partial charge is 0.410 e. The van der Waals surface area contributed by atoms with E-state index in [-0.39, 0.29) is 19.1 Å². The van der Waals surface area contributed by atoms with E-state index < -0.39 is 17.8 Å². The Morgan fingerprint density at radius 2 is 2.12 bits per heavy atom. The Morgan fingerprint density at radius 3 is 2.80 bits per heavy atom. The number of fused-ring (bicyclic) bond motifs is 1. The summed E-state index contributed by atoms with van der Waals surface area (Å²) in [7, 11) is 1.64. The van der Waals surface area contributed by atoms with Gasteiger partial charge in [0.1, 0.15) is 11.7 Å². The minimum Gasteiger partial charge on any atom is -0.444 e. The molecule has 0 aliphatic carbocycles. The van der Waals surface area contributed by atoms with Crippen LogP contribution in [0.25, 0.3) is 0 Å². The molecule has 1 aliphatic rings. The number of aliphatic hydroxyl groups excluding tert-OH is 1. The summed E-state index contributed by atoms with van der Waals surface area (Å²) >= 11 is 0. The van der Waals surface area contributed by atoms with Gasteiger partial charge in [-0.2, -0.15) is 0 Å². The molecule has 0 radical (unpaired) electrons. The van der Waals surface area contributed by atoms with E-state index in [2.05, 4.69) is 5.32 Å². The zero-order valence-electron chi connectivity index (χ0n) is 15.2. The van der Waals surface area contributed by atoms with Crippen molar-refractivity contribution in [3.63, 3.8) is 0 Å². The fourth-order valence-electron chi connectivity index (χ4n) is 2.38. The second-order valence-corrected chi connectivity index (χ2v) is 7.13. The van der Waals surface area contributed by atoms with E-state index in [0.717, 1.165) is 11.3 Å². The van der Waals surface area contributed by atoms with Crippen LogP contribution in [0.15, 0.2) is 18.2 Å². The first-order chi connectivity index (χ1) is 11.7. The molecule has 1 aliphatic heterocycles. The summed E-state index contributed by atoms with van der Waals surface area (Å²) in [6.07, 6.45) is -0.863. The van der Waals surface area contributed by atoms with Gasteiger partial charge in [0.25, 0.3) is 0 Å². The summed E-state index contributed by atoms with van der Waals surface area (Å²) in [6, 6.07) is 5.37. The number of nitrogens with zero attached hydrogens (tertiary/aromatic N) is 1. The molecular weight excluding hydrogens is 324 g/mol. The van der Waals surface area contributed by atoms with Crippen LogP contribution in [0.4, 0.5) is 10.5 Å². The molecule has 1 heterocycles. The van der Waals surface area contributed by atoms with Crippen molar-refractivity contribution < 1.29 is 24.2 Å². The Morgan fingerprint density at radius 1 is 1.40 bits per heavy atom. The molecule has 1 aromatic carbocycles. The lowest BCUT2D eigenvalue weighted by atomic mass is 10.0. The summed E-state index contributed by atoms with van der Waals surface area (Å²) in [5, 5.41) is 13.0. The van der Waals surface area contributed by atoms with Crippen LogP contribution in [0.2, 0.25) is 0 Å². The highest BCUT2D eigenvalue weighted by Crippen LogP contribution is 2.26. The van der Waals surface area contributed by atoms with Crippen LogP contribution in [0.3, 0.4) is 0 Å². The average Bonchev–Trinajstić information content (AvgIpc) is 2.88. The molecule has 2 N–H and O–H groups in total. The Hall–Kier alpha value is -2.12. The van der Waals surface area contributed by atoms with Crippen LogP contribution in [-0.2, 0) is 20.7 Å². The minimum atomic E-state index is -0.784. The number of carbonyl (C=O) groups is 2. The second-order valence-electron chi connectivity index (χ2n) is 7.13.